The molecule has 0 atom stereocenters. The normalized spacial score (nSPS) is 14.2. The highest BCUT2D eigenvalue weighted by Crippen LogP contribution is 2.72. The summed E-state index contributed by atoms with van der Waals surface area (Å²) < 4.78 is 52.8. The molecule has 0 saturated heterocycles. The summed E-state index contributed by atoms with van der Waals surface area (Å²) >= 11 is 0. The predicted molar refractivity (Wildman–Crippen MR) is 147 cm³/mol. The monoisotopic (exact) mass is 548 g/mol. The Morgan fingerprint density at radius 3 is 1.31 bits per heavy atom. The van der Waals surface area contributed by atoms with Crippen molar-refractivity contribution >= 4 is 15.2 Å². The average molecular weight is 549 g/mol. The van der Waals surface area contributed by atoms with Gasteiger partial charge in [0.1, 0.15) is 5.82 Å². The van der Waals surface area contributed by atoms with E-state index in [0.717, 1.165) is 5.69 Å². The highest BCUT2D eigenvalue weighted by molar-refractivity contribution is 7.72. The van der Waals surface area contributed by atoms with Crippen molar-refractivity contribution in [1.82, 2.24) is 9.97 Å². The Morgan fingerprint density at radius 2 is 1.03 bits per heavy atom. The second-order valence-electron chi connectivity index (χ2n) is 12.4. The lowest BCUT2D eigenvalue weighted by atomic mass is 9.89. The number of hydrogen-bond donors (Lipinski definition) is 0. The molecule has 210 valence electrons. The van der Waals surface area contributed by atoms with Gasteiger partial charge in [0.25, 0.3) is 0 Å². The van der Waals surface area contributed by atoms with Gasteiger partial charge in [0.15, 0.2) is 5.40 Å². The summed E-state index contributed by atoms with van der Waals surface area (Å²) in [4.78, 5) is 9.65. The van der Waals surface area contributed by atoms with Crippen LogP contribution in [0, 0.1) is 0 Å². The molecule has 0 aliphatic heterocycles. The highest BCUT2D eigenvalue weighted by atomic mass is 31.2. The van der Waals surface area contributed by atoms with E-state index in [1.165, 1.54) is 0 Å². The molecule has 0 amide bonds. The minimum Gasteiger partial charge on any atom is -0.305 e. The van der Waals surface area contributed by atoms with Gasteiger partial charge >= 0.3 is 15.2 Å². The molecule has 8 nitrogen and oxygen atoms in total. The largest absolute Gasteiger partial charge is 0.346 e. The molecule has 1 heterocycles. The smallest absolute Gasteiger partial charge is 0.305 e. The minimum absolute atomic E-state index is 0.0160. The second-order valence-corrected chi connectivity index (χ2v) is 17.1. The molecule has 0 bridgehead atoms. The maximum Gasteiger partial charge on any atom is 0.346 e. The average Bonchev–Trinajstić information content (AvgIpc) is 2.61. The van der Waals surface area contributed by atoms with Gasteiger partial charge in [-0.15, -0.1) is 0 Å². The molecule has 0 aliphatic rings. The maximum absolute atomic E-state index is 14.5. The quantitative estimate of drug-likeness (QED) is 0.242. The van der Waals surface area contributed by atoms with Gasteiger partial charge in [-0.3, -0.25) is 9.13 Å². The van der Waals surface area contributed by atoms with Crippen LogP contribution >= 0.6 is 15.2 Å². The minimum atomic E-state index is -4.03. The van der Waals surface area contributed by atoms with Crippen LogP contribution in [0.3, 0.4) is 0 Å². The van der Waals surface area contributed by atoms with Gasteiger partial charge in [-0.05, 0) is 61.5 Å². The molecular formula is C26H50N2O6P2. The summed E-state index contributed by atoms with van der Waals surface area (Å²) in [6.07, 6.45) is -1.75. The van der Waals surface area contributed by atoms with Crippen LogP contribution in [-0.2, 0) is 44.5 Å². The molecule has 0 fully saturated rings. The Labute approximate surface area is 219 Å². The first-order valence-electron chi connectivity index (χ1n) is 12.9. The van der Waals surface area contributed by atoms with Gasteiger partial charge in [0, 0.05) is 28.6 Å². The topological polar surface area (TPSA) is 96.8 Å². The van der Waals surface area contributed by atoms with E-state index in [0.29, 0.717) is 11.5 Å². The third kappa shape index (κ3) is 9.93. The van der Waals surface area contributed by atoms with E-state index in [4.69, 9.17) is 28.1 Å². The lowest BCUT2D eigenvalue weighted by molar-refractivity contribution is 0.122. The maximum atomic E-state index is 14.5. The molecule has 0 spiro atoms. The van der Waals surface area contributed by atoms with Crippen LogP contribution in [0.25, 0.3) is 0 Å². The molecule has 0 saturated carbocycles. The van der Waals surface area contributed by atoms with Crippen molar-refractivity contribution in [1.29, 1.82) is 0 Å². The Balaban J connectivity index is 3.92. The summed E-state index contributed by atoms with van der Waals surface area (Å²) in [5, 5.41) is -1.21. The van der Waals surface area contributed by atoms with Crippen LogP contribution in [-0.4, -0.2) is 39.8 Å². The van der Waals surface area contributed by atoms with Gasteiger partial charge in [-0.25, -0.2) is 9.97 Å². The summed E-state index contributed by atoms with van der Waals surface area (Å²) in [6, 6.07) is 1.88. The van der Waals surface area contributed by atoms with Crippen molar-refractivity contribution in [3.63, 3.8) is 0 Å². The van der Waals surface area contributed by atoms with Crippen molar-refractivity contribution in [2.75, 3.05) is 0 Å². The molecule has 1 aromatic rings. The Kier molecular flexibility index (Phi) is 11.6. The standard InChI is InChI=1S/C26H50N2O6P2/c1-17(2)31-35(29,32-18(3)4)23(36(30,33-19(5)6)34-20(7)8)16-21-15-22(25(9,10)11)28-24(27-21)26(12,13)14/h15,17-20,23H,16H2,1-14H3. The fourth-order valence-corrected chi connectivity index (χ4v) is 9.28. The fraction of sp³-hybridized carbons (Fsp3) is 0.846. The highest BCUT2D eigenvalue weighted by Gasteiger charge is 2.53. The predicted octanol–water partition coefficient (Wildman–Crippen LogP) is 8.03. The van der Waals surface area contributed by atoms with Crippen molar-refractivity contribution in [3.8, 4) is 0 Å². The van der Waals surface area contributed by atoms with Crippen LogP contribution < -0.4 is 0 Å². The van der Waals surface area contributed by atoms with Crippen molar-refractivity contribution in [3.05, 3.63) is 23.3 Å². The first-order valence-corrected chi connectivity index (χ1v) is 16.1. The third-order valence-corrected chi connectivity index (χ3v) is 11.2. The second kappa shape index (κ2) is 12.5. The summed E-state index contributed by atoms with van der Waals surface area (Å²) in [5.74, 6) is 0.650. The van der Waals surface area contributed by atoms with E-state index >= 15 is 0 Å². The summed E-state index contributed by atoms with van der Waals surface area (Å²) in [7, 11) is -8.05. The lowest BCUT2D eigenvalue weighted by Crippen LogP contribution is -2.27. The zero-order valence-corrected chi connectivity index (χ0v) is 26.7. The summed E-state index contributed by atoms with van der Waals surface area (Å²) in [6.45, 7) is 26.5. The van der Waals surface area contributed by atoms with Crippen LogP contribution in [0.2, 0.25) is 0 Å². The van der Waals surface area contributed by atoms with Crippen molar-refractivity contribution in [2.45, 2.75) is 144 Å². The molecular weight excluding hydrogens is 498 g/mol. The van der Waals surface area contributed by atoms with Gasteiger partial charge in [0.05, 0.1) is 24.4 Å². The van der Waals surface area contributed by atoms with Gasteiger partial charge < -0.3 is 18.1 Å². The zero-order valence-electron chi connectivity index (χ0n) is 24.9. The summed E-state index contributed by atoms with van der Waals surface area (Å²) in [5.41, 5.74) is 0.839. The van der Waals surface area contributed by atoms with E-state index in [1.54, 1.807) is 55.4 Å². The molecule has 0 aliphatic carbocycles. The molecule has 0 N–H and O–H groups in total. The molecule has 10 heteroatoms. The van der Waals surface area contributed by atoms with E-state index in [-0.39, 0.29) is 17.3 Å². The molecule has 0 aromatic carbocycles. The first kappa shape index (κ1) is 33.4. The fourth-order valence-electron chi connectivity index (χ4n) is 3.41. The molecule has 1 rings (SSSR count). The van der Waals surface area contributed by atoms with E-state index in [9.17, 15) is 9.13 Å². The SMILES string of the molecule is CC(C)OP(=O)(OC(C)C)C(Cc1cc(C(C)(C)C)nc(C(C)(C)C)n1)P(=O)(OC(C)C)OC(C)C. The first-order chi connectivity index (χ1) is 16.1. The van der Waals surface area contributed by atoms with Crippen LogP contribution in [0.1, 0.15) is 114 Å². The van der Waals surface area contributed by atoms with E-state index < -0.39 is 45.0 Å². The number of hydrogen-bond acceptors (Lipinski definition) is 8. The third-order valence-electron chi connectivity index (χ3n) is 4.77. The number of nitrogens with zero attached hydrogens (tertiary/aromatic N) is 2. The zero-order chi connectivity index (χ0) is 28.3. The van der Waals surface area contributed by atoms with Crippen LogP contribution in [0.5, 0.6) is 0 Å². The van der Waals surface area contributed by atoms with Gasteiger partial charge in [0.2, 0.25) is 0 Å². The number of aromatic nitrogens is 2. The van der Waals surface area contributed by atoms with E-state index in [1.807, 2.05) is 26.8 Å². The Bertz CT molecular complexity index is 850. The van der Waals surface area contributed by atoms with Crippen molar-refractivity contribution < 1.29 is 27.2 Å². The molecule has 1 aromatic heterocycles. The van der Waals surface area contributed by atoms with E-state index in [2.05, 4.69) is 20.8 Å². The van der Waals surface area contributed by atoms with Crippen molar-refractivity contribution in [2.24, 2.45) is 0 Å². The van der Waals surface area contributed by atoms with Gasteiger partial charge in [-0.1, -0.05) is 41.5 Å². The Hall–Kier alpha value is -0.620. The molecule has 36 heavy (non-hydrogen) atoms. The Morgan fingerprint density at radius 1 is 0.667 bits per heavy atom. The van der Waals surface area contributed by atoms with Crippen LogP contribution in [0.4, 0.5) is 0 Å². The molecule has 0 radical (unpaired) electrons. The number of rotatable bonds is 12. The van der Waals surface area contributed by atoms with Gasteiger partial charge in [-0.2, -0.15) is 0 Å². The molecule has 0 unspecified atom stereocenters. The van der Waals surface area contributed by atoms with Crippen LogP contribution in [0.15, 0.2) is 6.07 Å². The lowest BCUT2D eigenvalue weighted by Gasteiger charge is -2.35.